The molecule has 1 aliphatic rings. The monoisotopic (exact) mass is 421 g/mol. The van der Waals surface area contributed by atoms with E-state index in [9.17, 15) is 0 Å². The Morgan fingerprint density at radius 2 is 1.48 bits per heavy atom. The van der Waals surface area contributed by atoms with Crippen LogP contribution in [-0.4, -0.2) is 23.3 Å². The second-order valence-corrected chi connectivity index (χ2v) is 9.88. The summed E-state index contributed by atoms with van der Waals surface area (Å²) in [4.78, 5) is 4.26. The Balaban J connectivity index is 2.01. The van der Waals surface area contributed by atoms with Crippen molar-refractivity contribution in [2.24, 2.45) is 0 Å². The molecule has 3 nitrogen and oxygen atoms in total. The zero-order valence-corrected chi connectivity index (χ0v) is 19.1. The van der Waals surface area contributed by atoms with E-state index in [1.165, 1.54) is 0 Å². The predicted octanol–water partition coefficient (Wildman–Crippen LogP) is 6.01. The summed E-state index contributed by atoms with van der Waals surface area (Å²) in [7, 11) is -0.698. The minimum absolute atomic E-state index is 0.0571. The first-order chi connectivity index (χ1) is 17.8. The van der Waals surface area contributed by atoms with Crippen molar-refractivity contribution in [1.82, 2.24) is 4.98 Å². The highest BCUT2D eigenvalue weighted by atomic mass is 16.7. The van der Waals surface area contributed by atoms with E-state index in [4.69, 9.17) is 20.3 Å². The number of hydrogen-bond donors (Lipinski definition) is 0. The number of hydrogen-bond acceptors (Lipinski definition) is 3. The second-order valence-electron chi connectivity index (χ2n) is 9.88. The van der Waals surface area contributed by atoms with Gasteiger partial charge in [-0.25, -0.2) is 0 Å². The first-order valence-electron chi connectivity index (χ1n) is 14.3. The van der Waals surface area contributed by atoms with Crippen LogP contribution in [0.15, 0.2) is 66.7 Å². The maximum atomic E-state index is 9.02. The van der Waals surface area contributed by atoms with Crippen molar-refractivity contribution in [3.63, 3.8) is 0 Å². The van der Waals surface area contributed by atoms with Crippen molar-refractivity contribution < 1.29 is 20.3 Å². The molecule has 2 aromatic carbocycles. The molecule has 4 heteroatoms. The van der Waals surface area contributed by atoms with Crippen LogP contribution in [0.5, 0.6) is 0 Å². The largest absolute Gasteiger partial charge is 0.494 e. The smallest absolute Gasteiger partial charge is 0.399 e. The lowest BCUT2D eigenvalue weighted by molar-refractivity contribution is 0.00578. The van der Waals surface area contributed by atoms with Crippen LogP contribution >= 0.6 is 0 Å². The van der Waals surface area contributed by atoms with Gasteiger partial charge in [-0.2, -0.15) is 0 Å². The van der Waals surface area contributed by atoms with Gasteiger partial charge in [0.2, 0.25) is 0 Å². The van der Waals surface area contributed by atoms with Gasteiger partial charge in [-0.3, -0.25) is 4.98 Å². The third kappa shape index (κ3) is 4.33. The van der Waals surface area contributed by atoms with Gasteiger partial charge in [0.25, 0.3) is 0 Å². The van der Waals surface area contributed by atoms with E-state index >= 15 is 0 Å². The molecule has 0 aliphatic carbocycles. The van der Waals surface area contributed by atoms with E-state index in [1.807, 2.05) is 60.6 Å². The van der Waals surface area contributed by atoms with Crippen LogP contribution in [0.25, 0.3) is 22.4 Å². The highest BCUT2D eigenvalue weighted by molar-refractivity contribution is 6.62. The number of aromatic nitrogens is 1. The van der Waals surface area contributed by atoms with Gasteiger partial charge in [0, 0.05) is 11.7 Å². The van der Waals surface area contributed by atoms with E-state index in [1.54, 1.807) is 6.07 Å². The zero-order chi connectivity index (χ0) is 29.4. The molecule has 2 heterocycles. The fourth-order valence-electron chi connectivity index (χ4n) is 3.29. The summed E-state index contributed by atoms with van der Waals surface area (Å²) in [5, 5.41) is 0. The first kappa shape index (κ1) is 13.9. The Bertz CT molecular complexity index is 1460. The van der Waals surface area contributed by atoms with Gasteiger partial charge < -0.3 is 9.31 Å². The Kier molecular flexibility index (Phi) is 3.41. The van der Waals surface area contributed by atoms with Gasteiger partial charge >= 0.3 is 7.12 Å². The summed E-state index contributed by atoms with van der Waals surface area (Å²) in [5.41, 5.74) is 0.117. The highest BCUT2D eigenvalue weighted by Gasteiger charge is 2.51. The van der Waals surface area contributed by atoms with Crippen molar-refractivity contribution >= 4 is 12.6 Å². The first-order valence-corrected chi connectivity index (χ1v) is 10.3. The van der Waals surface area contributed by atoms with Crippen molar-refractivity contribution in [2.75, 3.05) is 0 Å². The molecule has 1 aromatic heterocycles. The summed E-state index contributed by atoms with van der Waals surface area (Å²) in [5.74, 6) is 0. The summed E-state index contributed by atoms with van der Waals surface area (Å²) in [6.07, 6.45) is -0.471. The van der Waals surface area contributed by atoms with Gasteiger partial charge in [0.1, 0.15) is 0 Å². The van der Waals surface area contributed by atoms with Gasteiger partial charge in [0.15, 0.2) is 0 Å². The van der Waals surface area contributed by atoms with Gasteiger partial charge in [0.05, 0.1) is 27.9 Å². The van der Waals surface area contributed by atoms with Crippen LogP contribution in [0.3, 0.4) is 0 Å². The predicted molar refractivity (Wildman–Crippen MR) is 130 cm³/mol. The molecule has 1 aliphatic heterocycles. The Hall–Kier alpha value is -2.43. The molecule has 0 saturated carbocycles. The molecule has 1 fully saturated rings. The van der Waals surface area contributed by atoms with E-state index in [-0.39, 0.29) is 28.3 Å². The van der Waals surface area contributed by atoms with E-state index in [0.717, 1.165) is 5.56 Å². The van der Waals surface area contributed by atoms with E-state index < -0.39 is 60.7 Å². The zero-order valence-electron chi connectivity index (χ0n) is 27.1. The second kappa shape index (κ2) is 7.61. The molecule has 31 heavy (non-hydrogen) atoms. The standard InChI is InChI=1S/C27H32BNO2/c1-25(2,3)22-15-21(16-23(18-22)28-30-26(4,5)27(6,7)31-28)24-17-20(13-14-29-24)19-11-9-8-10-12-19/h8-18H,1-7H3/i8D,9D,10D,11D,12D,13D,14D,17D. The minimum atomic E-state index is -0.698. The lowest BCUT2D eigenvalue weighted by Gasteiger charge is -2.32. The molecular formula is C27H32BNO2. The molecular weight excluding hydrogens is 381 g/mol. The molecule has 0 bridgehead atoms. The number of pyridine rings is 1. The summed E-state index contributed by atoms with van der Waals surface area (Å²) >= 11 is 0. The molecule has 0 spiro atoms. The quantitative estimate of drug-likeness (QED) is 0.485. The Morgan fingerprint density at radius 3 is 2.10 bits per heavy atom. The van der Waals surface area contributed by atoms with E-state index in [0.29, 0.717) is 11.0 Å². The normalized spacial score (nSPS) is 21.3. The molecule has 0 N–H and O–H groups in total. The van der Waals surface area contributed by atoms with Gasteiger partial charge in [-0.15, -0.1) is 0 Å². The lowest BCUT2D eigenvalue weighted by atomic mass is 9.74. The van der Waals surface area contributed by atoms with E-state index in [2.05, 4.69) is 4.98 Å². The van der Waals surface area contributed by atoms with Crippen LogP contribution in [0.4, 0.5) is 0 Å². The molecule has 0 amide bonds. The van der Waals surface area contributed by atoms with Crippen LogP contribution < -0.4 is 5.46 Å². The van der Waals surface area contributed by atoms with Crippen LogP contribution in [-0.2, 0) is 14.7 Å². The van der Waals surface area contributed by atoms with Crippen molar-refractivity contribution in [3.05, 3.63) is 72.2 Å². The average Bonchev–Trinajstić information content (AvgIpc) is 3.06. The third-order valence-electron chi connectivity index (χ3n) is 5.96. The van der Waals surface area contributed by atoms with Crippen molar-refractivity contribution in [1.29, 1.82) is 0 Å². The van der Waals surface area contributed by atoms with Crippen LogP contribution in [0.2, 0.25) is 0 Å². The number of benzene rings is 2. The molecule has 0 unspecified atom stereocenters. The molecule has 1 saturated heterocycles. The van der Waals surface area contributed by atoms with Gasteiger partial charge in [-0.1, -0.05) is 63.1 Å². The topological polar surface area (TPSA) is 31.4 Å². The Morgan fingerprint density at radius 1 is 0.839 bits per heavy atom. The maximum absolute atomic E-state index is 9.02. The van der Waals surface area contributed by atoms with Crippen LogP contribution in [0, 0.1) is 0 Å². The maximum Gasteiger partial charge on any atom is 0.494 e. The highest BCUT2D eigenvalue weighted by Crippen LogP contribution is 2.37. The molecule has 0 atom stereocenters. The molecule has 0 radical (unpaired) electrons. The average molecular weight is 421 g/mol. The summed E-state index contributed by atoms with van der Waals surface area (Å²) in [6.45, 7) is 13.9. The SMILES string of the molecule is [2H]c1nc(-c2cc(B3OC(C)(C)C(C)(C)O3)cc(C(C)(C)C)c2)c([2H])c(-c2c([2H])c([2H])c([2H])c([2H])c2[2H])c1[2H]. The molecule has 160 valence electrons. The minimum Gasteiger partial charge on any atom is -0.399 e. The van der Waals surface area contributed by atoms with Gasteiger partial charge in [-0.05, 0) is 73.4 Å². The summed E-state index contributed by atoms with van der Waals surface area (Å²) in [6, 6.07) is 2.00. The number of rotatable bonds is 3. The van der Waals surface area contributed by atoms with Crippen molar-refractivity contribution in [2.45, 2.75) is 65.1 Å². The fraction of sp³-hybridized carbons (Fsp3) is 0.370. The molecule has 4 rings (SSSR count). The third-order valence-corrected chi connectivity index (χ3v) is 5.96. The van der Waals surface area contributed by atoms with Crippen molar-refractivity contribution in [3.8, 4) is 22.4 Å². The lowest BCUT2D eigenvalue weighted by Crippen LogP contribution is -2.41. The number of nitrogens with zero attached hydrogens (tertiary/aromatic N) is 1. The Labute approximate surface area is 198 Å². The molecule has 3 aromatic rings. The fourth-order valence-corrected chi connectivity index (χ4v) is 3.29. The summed E-state index contributed by atoms with van der Waals surface area (Å²) < 4.78 is 79.3. The van der Waals surface area contributed by atoms with Crippen LogP contribution in [0.1, 0.15) is 65.0 Å².